The number of fused-ring (bicyclic) bond motifs is 1. The molecule has 3 atom stereocenters. The molecule has 3 rings (SSSR count). The molecule has 0 unspecified atom stereocenters. The minimum Gasteiger partial charge on any atom is -0.468 e. The summed E-state index contributed by atoms with van der Waals surface area (Å²) in [4.78, 5) is 26.8. The van der Waals surface area contributed by atoms with E-state index < -0.39 is 5.54 Å². The van der Waals surface area contributed by atoms with Gasteiger partial charge in [0.05, 0.1) is 19.7 Å². The van der Waals surface area contributed by atoms with Crippen molar-refractivity contribution in [3.63, 3.8) is 0 Å². The number of rotatable bonds is 4. The predicted octanol–water partition coefficient (Wildman–Crippen LogP) is 1.75. The van der Waals surface area contributed by atoms with E-state index in [9.17, 15) is 14.9 Å². The van der Waals surface area contributed by atoms with Crippen molar-refractivity contribution >= 4 is 11.9 Å². The standard InChI is InChI=1S/C18H27N3O3/c1-24-17(23)15-10-13-6-2-3-7-14(13)21(15)11-16(22)20-18(12-19)8-4-5-9-18/h13-15H,2-11H2,1H3,(H,20,22)/t13-,14+,15-/m0/s1. The number of likely N-dealkylation sites (tertiary alicyclic amines) is 1. The molecule has 2 aliphatic carbocycles. The third-order valence-electron chi connectivity index (χ3n) is 6.07. The molecule has 132 valence electrons. The number of esters is 1. The maximum atomic E-state index is 12.6. The van der Waals surface area contributed by atoms with E-state index in [1.807, 2.05) is 4.90 Å². The third kappa shape index (κ3) is 3.27. The molecule has 0 aromatic carbocycles. The van der Waals surface area contributed by atoms with Gasteiger partial charge in [0, 0.05) is 6.04 Å². The van der Waals surface area contributed by atoms with E-state index >= 15 is 0 Å². The first-order chi connectivity index (χ1) is 11.6. The van der Waals surface area contributed by atoms with Crippen molar-refractivity contribution < 1.29 is 14.3 Å². The summed E-state index contributed by atoms with van der Waals surface area (Å²) in [7, 11) is 1.41. The van der Waals surface area contributed by atoms with E-state index in [1.165, 1.54) is 13.5 Å². The van der Waals surface area contributed by atoms with Gasteiger partial charge in [-0.15, -0.1) is 0 Å². The molecule has 0 aromatic rings. The molecule has 3 aliphatic rings. The number of carbonyl (C=O) groups excluding carboxylic acids is 2. The number of hydrogen-bond donors (Lipinski definition) is 1. The van der Waals surface area contributed by atoms with Crippen molar-refractivity contribution in [3.8, 4) is 6.07 Å². The van der Waals surface area contributed by atoms with Crippen LogP contribution in [0.3, 0.4) is 0 Å². The molecular formula is C18H27N3O3. The Morgan fingerprint density at radius 1 is 1.25 bits per heavy atom. The molecule has 1 N–H and O–H groups in total. The van der Waals surface area contributed by atoms with Gasteiger partial charge in [0.2, 0.25) is 5.91 Å². The zero-order valence-electron chi connectivity index (χ0n) is 14.4. The first kappa shape index (κ1) is 17.2. The number of nitrogens with zero attached hydrogens (tertiary/aromatic N) is 2. The summed E-state index contributed by atoms with van der Waals surface area (Å²) < 4.78 is 4.96. The Kier molecular flexibility index (Phi) is 5.09. The van der Waals surface area contributed by atoms with Crippen LogP contribution in [0.4, 0.5) is 0 Å². The Hall–Kier alpha value is -1.61. The summed E-state index contributed by atoms with van der Waals surface area (Å²) in [6, 6.07) is 2.26. The van der Waals surface area contributed by atoms with Gasteiger partial charge < -0.3 is 10.1 Å². The van der Waals surface area contributed by atoms with Gasteiger partial charge >= 0.3 is 5.97 Å². The van der Waals surface area contributed by atoms with Crippen LogP contribution >= 0.6 is 0 Å². The zero-order chi connectivity index (χ0) is 17.2. The highest BCUT2D eigenvalue weighted by atomic mass is 16.5. The first-order valence-corrected chi connectivity index (χ1v) is 9.14. The van der Waals surface area contributed by atoms with E-state index in [1.54, 1.807) is 0 Å². The molecular weight excluding hydrogens is 306 g/mol. The minimum atomic E-state index is -0.705. The number of ether oxygens (including phenoxy) is 1. The molecule has 1 saturated heterocycles. The molecule has 0 aromatic heterocycles. The molecule has 0 radical (unpaired) electrons. The Bertz CT molecular complexity index is 536. The van der Waals surface area contributed by atoms with Gasteiger partial charge in [-0.3, -0.25) is 14.5 Å². The predicted molar refractivity (Wildman–Crippen MR) is 87.8 cm³/mol. The molecule has 1 amide bonds. The van der Waals surface area contributed by atoms with Gasteiger partial charge in [-0.2, -0.15) is 5.26 Å². The second-order valence-corrected chi connectivity index (χ2v) is 7.51. The molecule has 6 nitrogen and oxygen atoms in total. The van der Waals surface area contributed by atoms with Crippen LogP contribution in [0.5, 0.6) is 0 Å². The monoisotopic (exact) mass is 333 g/mol. The lowest BCUT2D eigenvalue weighted by atomic mass is 9.85. The van der Waals surface area contributed by atoms with Crippen LogP contribution in [-0.4, -0.2) is 48.1 Å². The number of nitriles is 1. The minimum absolute atomic E-state index is 0.140. The van der Waals surface area contributed by atoms with Crippen LogP contribution in [0.2, 0.25) is 0 Å². The van der Waals surface area contributed by atoms with Gasteiger partial charge in [-0.25, -0.2) is 0 Å². The summed E-state index contributed by atoms with van der Waals surface area (Å²) in [5.41, 5.74) is -0.705. The maximum Gasteiger partial charge on any atom is 0.323 e. The molecule has 1 aliphatic heterocycles. The van der Waals surface area contributed by atoms with Gasteiger partial charge in [-0.1, -0.05) is 12.8 Å². The van der Waals surface area contributed by atoms with Crippen LogP contribution in [0.25, 0.3) is 0 Å². The Labute approximate surface area is 143 Å². The van der Waals surface area contributed by atoms with Crippen molar-refractivity contribution in [2.75, 3.05) is 13.7 Å². The fourth-order valence-corrected chi connectivity index (χ4v) is 4.86. The number of amides is 1. The highest BCUT2D eigenvalue weighted by molar-refractivity contribution is 5.82. The third-order valence-corrected chi connectivity index (χ3v) is 6.07. The normalized spacial score (nSPS) is 31.9. The number of carbonyl (C=O) groups is 2. The highest BCUT2D eigenvalue weighted by Gasteiger charge is 2.46. The fourth-order valence-electron chi connectivity index (χ4n) is 4.86. The zero-order valence-corrected chi connectivity index (χ0v) is 14.4. The van der Waals surface area contributed by atoms with E-state index in [-0.39, 0.29) is 30.5 Å². The first-order valence-electron chi connectivity index (χ1n) is 9.14. The maximum absolute atomic E-state index is 12.6. The van der Waals surface area contributed by atoms with Crippen molar-refractivity contribution in [3.05, 3.63) is 0 Å². The lowest BCUT2D eigenvalue weighted by Crippen LogP contribution is -2.52. The van der Waals surface area contributed by atoms with Crippen LogP contribution in [0.1, 0.15) is 57.8 Å². The van der Waals surface area contributed by atoms with Crippen molar-refractivity contribution in [1.29, 1.82) is 5.26 Å². The fraction of sp³-hybridized carbons (Fsp3) is 0.833. The Balaban J connectivity index is 1.69. The molecule has 24 heavy (non-hydrogen) atoms. The van der Waals surface area contributed by atoms with E-state index in [4.69, 9.17) is 4.74 Å². The summed E-state index contributed by atoms with van der Waals surface area (Å²) in [6.45, 7) is 0.185. The van der Waals surface area contributed by atoms with Crippen LogP contribution < -0.4 is 5.32 Å². The average Bonchev–Trinajstić information content (AvgIpc) is 3.20. The Morgan fingerprint density at radius 3 is 2.62 bits per heavy atom. The summed E-state index contributed by atoms with van der Waals surface area (Å²) >= 11 is 0. The van der Waals surface area contributed by atoms with E-state index in [0.29, 0.717) is 5.92 Å². The lowest BCUT2D eigenvalue weighted by Gasteiger charge is -2.33. The van der Waals surface area contributed by atoms with Gasteiger partial charge in [0.15, 0.2) is 0 Å². The lowest BCUT2D eigenvalue weighted by molar-refractivity contribution is -0.146. The molecule has 3 fully saturated rings. The van der Waals surface area contributed by atoms with Gasteiger partial charge in [-0.05, 0) is 50.9 Å². The second kappa shape index (κ2) is 7.10. The van der Waals surface area contributed by atoms with E-state index in [2.05, 4.69) is 11.4 Å². The van der Waals surface area contributed by atoms with Crippen LogP contribution in [0, 0.1) is 17.2 Å². The SMILES string of the molecule is COC(=O)[C@@H]1C[C@@H]2CCCC[C@H]2N1CC(=O)NC1(C#N)CCCC1. The molecule has 2 saturated carbocycles. The smallest absolute Gasteiger partial charge is 0.323 e. The molecule has 0 spiro atoms. The summed E-state index contributed by atoms with van der Waals surface area (Å²) in [5.74, 6) is 0.0960. The van der Waals surface area contributed by atoms with Crippen LogP contribution in [-0.2, 0) is 14.3 Å². The number of methoxy groups -OCH3 is 1. The van der Waals surface area contributed by atoms with Gasteiger partial charge in [0.1, 0.15) is 11.6 Å². The van der Waals surface area contributed by atoms with Crippen molar-refractivity contribution in [2.45, 2.75) is 75.4 Å². The largest absolute Gasteiger partial charge is 0.468 e. The second-order valence-electron chi connectivity index (χ2n) is 7.51. The molecule has 0 bridgehead atoms. The topological polar surface area (TPSA) is 82.4 Å². The Morgan fingerprint density at radius 2 is 1.96 bits per heavy atom. The molecule has 1 heterocycles. The molecule has 6 heteroatoms. The van der Waals surface area contributed by atoms with Crippen molar-refractivity contribution in [2.24, 2.45) is 5.92 Å². The number of nitrogens with one attached hydrogen (secondary N) is 1. The quantitative estimate of drug-likeness (QED) is 0.793. The van der Waals surface area contributed by atoms with Crippen molar-refractivity contribution in [1.82, 2.24) is 10.2 Å². The summed E-state index contributed by atoms with van der Waals surface area (Å²) in [6.07, 6.45) is 8.70. The average molecular weight is 333 g/mol. The van der Waals surface area contributed by atoms with Gasteiger partial charge in [0.25, 0.3) is 0 Å². The summed E-state index contributed by atoms with van der Waals surface area (Å²) in [5, 5.41) is 12.4. The number of hydrogen-bond acceptors (Lipinski definition) is 5. The highest BCUT2D eigenvalue weighted by Crippen LogP contribution is 2.40. The van der Waals surface area contributed by atoms with Crippen LogP contribution in [0.15, 0.2) is 0 Å². The van der Waals surface area contributed by atoms with E-state index in [0.717, 1.165) is 51.4 Å².